The minimum Gasteiger partial charge on any atom is -0.495 e. The van der Waals surface area contributed by atoms with Crippen molar-refractivity contribution in [3.8, 4) is 5.75 Å². The molecule has 1 aromatic heterocycles. The minimum atomic E-state index is 0.690. The standard InChI is InChI=1S/C10H9ClOS/c1-6-7-3-4-13-9(7)5-8(11)10(6)12-2/h3-5H,1-2H3. The van der Waals surface area contributed by atoms with Crippen LogP contribution in [-0.4, -0.2) is 7.11 Å². The summed E-state index contributed by atoms with van der Waals surface area (Å²) < 4.78 is 6.44. The number of hydrogen-bond acceptors (Lipinski definition) is 2. The number of methoxy groups -OCH3 is 1. The zero-order valence-corrected chi connectivity index (χ0v) is 9.00. The molecule has 2 rings (SSSR count). The summed E-state index contributed by atoms with van der Waals surface area (Å²) in [6.07, 6.45) is 0. The van der Waals surface area contributed by atoms with Crippen LogP contribution in [-0.2, 0) is 0 Å². The monoisotopic (exact) mass is 212 g/mol. The van der Waals surface area contributed by atoms with Crippen LogP contribution in [0, 0.1) is 6.92 Å². The first kappa shape index (κ1) is 8.85. The number of fused-ring (bicyclic) bond motifs is 1. The Labute approximate surface area is 85.9 Å². The SMILES string of the molecule is COc1c(Cl)cc2sccc2c1C. The Bertz CT molecular complexity index is 447. The summed E-state index contributed by atoms with van der Waals surface area (Å²) >= 11 is 7.74. The van der Waals surface area contributed by atoms with Crippen molar-refractivity contribution in [2.24, 2.45) is 0 Å². The molecular weight excluding hydrogens is 204 g/mol. The molecular formula is C10H9ClOS. The summed E-state index contributed by atoms with van der Waals surface area (Å²) in [7, 11) is 1.65. The molecule has 3 heteroatoms. The summed E-state index contributed by atoms with van der Waals surface area (Å²) in [6.45, 7) is 2.03. The average molecular weight is 213 g/mol. The maximum absolute atomic E-state index is 6.05. The fourth-order valence-corrected chi connectivity index (χ4v) is 2.75. The second-order valence-electron chi connectivity index (χ2n) is 2.85. The highest BCUT2D eigenvalue weighted by Crippen LogP contribution is 2.36. The molecule has 1 nitrogen and oxygen atoms in total. The van der Waals surface area contributed by atoms with Crippen LogP contribution in [0.3, 0.4) is 0 Å². The molecule has 0 fully saturated rings. The number of halogens is 1. The summed E-state index contributed by atoms with van der Waals surface area (Å²) in [5.41, 5.74) is 1.12. The molecule has 0 aliphatic rings. The number of aryl methyl sites for hydroxylation is 1. The van der Waals surface area contributed by atoms with Gasteiger partial charge in [-0.05, 0) is 29.8 Å². The Kier molecular flexibility index (Phi) is 2.18. The molecule has 0 saturated heterocycles. The number of benzene rings is 1. The number of ether oxygens (including phenoxy) is 1. The highest BCUT2D eigenvalue weighted by molar-refractivity contribution is 7.17. The molecule has 68 valence electrons. The fourth-order valence-electron chi connectivity index (χ4n) is 1.48. The Morgan fingerprint density at radius 1 is 1.46 bits per heavy atom. The maximum atomic E-state index is 6.05. The second kappa shape index (κ2) is 3.20. The molecule has 0 N–H and O–H groups in total. The highest BCUT2D eigenvalue weighted by atomic mass is 35.5. The van der Waals surface area contributed by atoms with Crippen molar-refractivity contribution in [1.82, 2.24) is 0 Å². The Balaban J connectivity index is 2.85. The van der Waals surface area contributed by atoms with Gasteiger partial charge < -0.3 is 4.74 Å². The highest BCUT2D eigenvalue weighted by Gasteiger charge is 2.09. The average Bonchev–Trinajstić information content (AvgIpc) is 2.53. The minimum absolute atomic E-state index is 0.690. The molecule has 0 radical (unpaired) electrons. The van der Waals surface area contributed by atoms with Gasteiger partial charge in [0, 0.05) is 10.3 Å². The Morgan fingerprint density at radius 2 is 2.23 bits per heavy atom. The van der Waals surface area contributed by atoms with Crippen LogP contribution in [0.2, 0.25) is 5.02 Å². The normalized spacial score (nSPS) is 10.7. The van der Waals surface area contributed by atoms with Gasteiger partial charge in [0.2, 0.25) is 0 Å². The lowest BCUT2D eigenvalue weighted by molar-refractivity contribution is 0.413. The Hall–Kier alpha value is -0.730. The van der Waals surface area contributed by atoms with Gasteiger partial charge in [0.1, 0.15) is 5.75 Å². The maximum Gasteiger partial charge on any atom is 0.141 e. The van der Waals surface area contributed by atoms with Crippen LogP contribution in [0.1, 0.15) is 5.56 Å². The predicted octanol–water partition coefficient (Wildman–Crippen LogP) is 3.87. The van der Waals surface area contributed by atoms with Gasteiger partial charge >= 0.3 is 0 Å². The van der Waals surface area contributed by atoms with E-state index in [0.717, 1.165) is 11.3 Å². The van der Waals surface area contributed by atoms with E-state index < -0.39 is 0 Å². The molecule has 2 aromatic rings. The van der Waals surface area contributed by atoms with E-state index in [1.165, 1.54) is 10.1 Å². The van der Waals surface area contributed by atoms with Gasteiger partial charge in [-0.3, -0.25) is 0 Å². The van der Waals surface area contributed by atoms with Gasteiger partial charge in [0.25, 0.3) is 0 Å². The van der Waals surface area contributed by atoms with Crippen LogP contribution in [0.5, 0.6) is 5.75 Å². The molecule has 0 bridgehead atoms. The van der Waals surface area contributed by atoms with Gasteiger partial charge in [-0.25, -0.2) is 0 Å². The van der Waals surface area contributed by atoms with E-state index in [9.17, 15) is 0 Å². The Morgan fingerprint density at radius 3 is 2.92 bits per heavy atom. The number of thiophene rings is 1. The third-order valence-corrected chi connectivity index (χ3v) is 3.26. The van der Waals surface area contributed by atoms with Crippen molar-refractivity contribution in [3.05, 3.63) is 28.1 Å². The fraction of sp³-hybridized carbons (Fsp3) is 0.200. The molecule has 13 heavy (non-hydrogen) atoms. The van der Waals surface area contributed by atoms with Gasteiger partial charge in [-0.1, -0.05) is 11.6 Å². The first-order chi connectivity index (χ1) is 6.24. The van der Waals surface area contributed by atoms with E-state index in [1.807, 2.05) is 13.0 Å². The van der Waals surface area contributed by atoms with E-state index >= 15 is 0 Å². The first-order valence-electron chi connectivity index (χ1n) is 3.94. The number of rotatable bonds is 1. The molecule has 1 heterocycles. The quantitative estimate of drug-likeness (QED) is 0.697. The van der Waals surface area contributed by atoms with E-state index in [4.69, 9.17) is 16.3 Å². The number of hydrogen-bond donors (Lipinski definition) is 0. The summed E-state index contributed by atoms with van der Waals surface area (Å²) in [5, 5.41) is 3.98. The first-order valence-corrected chi connectivity index (χ1v) is 5.20. The summed E-state index contributed by atoms with van der Waals surface area (Å²) in [4.78, 5) is 0. The van der Waals surface area contributed by atoms with Crippen LogP contribution < -0.4 is 4.74 Å². The summed E-state index contributed by atoms with van der Waals surface area (Å²) in [5.74, 6) is 0.785. The van der Waals surface area contributed by atoms with Crippen molar-refractivity contribution in [2.75, 3.05) is 7.11 Å². The largest absolute Gasteiger partial charge is 0.495 e. The molecule has 0 saturated carbocycles. The van der Waals surface area contributed by atoms with Gasteiger partial charge in [-0.2, -0.15) is 0 Å². The van der Waals surface area contributed by atoms with Crippen molar-refractivity contribution in [1.29, 1.82) is 0 Å². The van der Waals surface area contributed by atoms with Crippen LogP contribution >= 0.6 is 22.9 Å². The van der Waals surface area contributed by atoms with Gasteiger partial charge in [0.05, 0.1) is 12.1 Å². The van der Waals surface area contributed by atoms with Crippen LogP contribution in [0.15, 0.2) is 17.5 Å². The van der Waals surface area contributed by atoms with Crippen molar-refractivity contribution in [3.63, 3.8) is 0 Å². The van der Waals surface area contributed by atoms with E-state index in [-0.39, 0.29) is 0 Å². The smallest absolute Gasteiger partial charge is 0.141 e. The lowest BCUT2D eigenvalue weighted by Gasteiger charge is -2.07. The van der Waals surface area contributed by atoms with Crippen molar-refractivity contribution in [2.45, 2.75) is 6.92 Å². The van der Waals surface area contributed by atoms with Gasteiger partial charge in [-0.15, -0.1) is 11.3 Å². The lowest BCUT2D eigenvalue weighted by Crippen LogP contribution is -1.88. The van der Waals surface area contributed by atoms with Crippen LogP contribution in [0.4, 0.5) is 0 Å². The molecule has 0 atom stereocenters. The van der Waals surface area contributed by atoms with Crippen LogP contribution in [0.25, 0.3) is 10.1 Å². The third kappa shape index (κ3) is 1.30. The third-order valence-electron chi connectivity index (χ3n) is 2.12. The molecule has 0 aliphatic heterocycles. The second-order valence-corrected chi connectivity index (χ2v) is 4.20. The molecule has 0 aliphatic carbocycles. The van der Waals surface area contributed by atoms with Crippen molar-refractivity contribution < 1.29 is 4.74 Å². The molecule has 0 spiro atoms. The predicted molar refractivity (Wildman–Crippen MR) is 58.1 cm³/mol. The summed E-state index contributed by atoms with van der Waals surface area (Å²) in [6, 6.07) is 4.04. The zero-order chi connectivity index (χ0) is 9.42. The molecule has 1 aromatic carbocycles. The topological polar surface area (TPSA) is 9.23 Å². The molecule has 0 amide bonds. The molecule has 0 unspecified atom stereocenters. The van der Waals surface area contributed by atoms with E-state index in [1.54, 1.807) is 18.4 Å². The zero-order valence-electron chi connectivity index (χ0n) is 7.43. The van der Waals surface area contributed by atoms with E-state index in [2.05, 4.69) is 11.4 Å². The lowest BCUT2D eigenvalue weighted by atomic mass is 10.1. The van der Waals surface area contributed by atoms with Crippen molar-refractivity contribution >= 4 is 33.0 Å². The van der Waals surface area contributed by atoms with E-state index in [0.29, 0.717) is 5.02 Å². The van der Waals surface area contributed by atoms with Gasteiger partial charge in [0.15, 0.2) is 0 Å².